The average molecular weight is 252 g/mol. The third-order valence-electron chi connectivity index (χ3n) is 2.51. The Morgan fingerprint density at radius 3 is 2.71 bits per heavy atom. The van der Waals surface area contributed by atoms with E-state index < -0.39 is 11.6 Å². The van der Waals surface area contributed by atoms with Gasteiger partial charge in [0.1, 0.15) is 11.6 Å². The van der Waals surface area contributed by atoms with Gasteiger partial charge in [0, 0.05) is 6.07 Å². The Morgan fingerprint density at radius 2 is 2.06 bits per heavy atom. The first-order chi connectivity index (χ1) is 8.13. The van der Waals surface area contributed by atoms with Crippen LogP contribution in [0, 0.1) is 11.6 Å². The largest absolute Gasteiger partial charge is 0.288 e. The normalized spacial score (nSPS) is 10.5. The lowest BCUT2D eigenvalue weighted by atomic mass is 10.1. The first-order valence-corrected chi connectivity index (χ1v) is 6.07. The van der Waals surface area contributed by atoms with Crippen LogP contribution in [-0.4, -0.2) is 5.78 Å². The van der Waals surface area contributed by atoms with Gasteiger partial charge in [0.2, 0.25) is 5.78 Å². The molecule has 88 valence electrons. The highest BCUT2D eigenvalue weighted by atomic mass is 32.1. The third-order valence-corrected chi connectivity index (χ3v) is 3.47. The molecule has 0 aliphatic rings. The van der Waals surface area contributed by atoms with Gasteiger partial charge in [-0.05, 0) is 35.6 Å². The van der Waals surface area contributed by atoms with Gasteiger partial charge >= 0.3 is 0 Å². The first kappa shape index (κ1) is 11.9. The Labute approximate surface area is 102 Å². The van der Waals surface area contributed by atoms with Crippen molar-refractivity contribution in [2.75, 3.05) is 0 Å². The minimum Gasteiger partial charge on any atom is -0.288 e. The fraction of sp³-hybridized carbons (Fsp3) is 0.154. The van der Waals surface area contributed by atoms with Crippen LogP contribution >= 0.6 is 11.3 Å². The summed E-state index contributed by atoms with van der Waals surface area (Å²) in [7, 11) is 0. The van der Waals surface area contributed by atoms with Crippen molar-refractivity contribution < 1.29 is 13.6 Å². The van der Waals surface area contributed by atoms with Crippen LogP contribution < -0.4 is 0 Å². The molecule has 1 nitrogen and oxygen atoms in total. The molecule has 0 fully saturated rings. The fourth-order valence-corrected chi connectivity index (χ4v) is 2.56. The number of halogens is 2. The summed E-state index contributed by atoms with van der Waals surface area (Å²) in [5.41, 5.74) is 0.812. The number of rotatable bonds is 3. The van der Waals surface area contributed by atoms with Crippen LogP contribution in [0.2, 0.25) is 0 Å². The van der Waals surface area contributed by atoms with Gasteiger partial charge in [-0.25, -0.2) is 8.78 Å². The van der Waals surface area contributed by atoms with Gasteiger partial charge < -0.3 is 0 Å². The topological polar surface area (TPSA) is 17.1 Å². The van der Waals surface area contributed by atoms with E-state index in [4.69, 9.17) is 0 Å². The van der Waals surface area contributed by atoms with E-state index >= 15 is 0 Å². The molecule has 4 heteroatoms. The second-order valence-electron chi connectivity index (χ2n) is 3.58. The number of aryl methyl sites for hydroxylation is 1. The van der Waals surface area contributed by atoms with Gasteiger partial charge in [0.25, 0.3) is 0 Å². The van der Waals surface area contributed by atoms with Crippen LogP contribution in [-0.2, 0) is 6.42 Å². The highest BCUT2D eigenvalue weighted by molar-refractivity contribution is 7.12. The molecule has 2 rings (SSSR count). The molecule has 1 heterocycles. The standard InChI is InChI=1S/C13H10F2OS/c1-2-8-5-6-17-13(8)12(16)10-4-3-9(14)7-11(10)15/h3-7H,2H2,1H3. The molecule has 1 aromatic heterocycles. The van der Waals surface area contributed by atoms with E-state index in [9.17, 15) is 13.6 Å². The lowest BCUT2D eigenvalue weighted by molar-refractivity contribution is 0.103. The van der Waals surface area contributed by atoms with Crippen molar-refractivity contribution in [1.29, 1.82) is 0 Å². The van der Waals surface area contributed by atoms with Crippen LogP contribution in [0.15, 0.2) is 29.6 Å². The highest BCUT2D eigenvalue weighted by Crippen LogP contribution is 2.23. The van der Waals surface area contributed by atoms with Crippen LogP contribution in [0.3, 0.4) is 0 Å². The summed E-state index contributed by atoms with van der Waals surface area (Å²) in [6, 6.07) is 4.85. The fourth-order valence-electron chi connectivity index (χ4n) is 1.61. The summed E-state index contributed by atoms with van der Waals surface area (Å²) in [6.07, 6.45) is 0.716. The smallest absolute Gasteiger partial charge is 0.206 e. The van der Waals surface area contributed by atoms with E-state index in [1.165, 1.54) is 17.4 Å². The van der Waals surface area contributed by atoms with Gasteiger partial charge in [0.05, 0.1) is 10.4 Å². The first-order valence-electron chi connectivity index (χ1n) is 5.19. The van der Waals surface area contributed by atoms with Crippen molar-refractivity contribution in [3.05, 3.63) is 57.3 Å². The number of carbonyl (C=O) groups excluding carboxylic acids is 1. The Hall–Kier alpha value is -1.55. The van der Waals surface area contributed by atoms with Crippen molar-refractivity contribution in [1.82, 2.24) is 0 Å². The molecular weight excluding hydrogens is 242 g/mol. The lowest BCUT2D eigenvalue weighted by Gasteiger charge is -2.02. The molecule has 0 saturated heterocycles. The minimum atomic E-state index is -0.814. The van der Waals surface area contributed by atoms with Crippen LogP contribution in [0.5, 0.6) is 0 Å². The van der Waals surface area contributed by atoms with E-state index in [0.29, 0.717) is 11.3 Å². The SMILES string of the molecule is CCc1ccsc1C(=O)c1ccc(F)cc1F. The summed E-state index contributed by atoms with van der Waals surface area (Å²) in [5.74, 6) is -1.87. The molecule has 0 amide bonds. The molecule has 0 aliphatic heterocycles. The van der Waals surface area contributed by atoms with Gasteiger partial charge in [-0.15, -0.1) is 11.3 Å². The zero-order valence-corrected chi connectivity index (χ0v) is 9.98. The van der Waals surface area contributed by atoms with Gasteiger partial charge in [-0.3, -0.25) is 4.79 Å². The van der Waals surface area contributed by atoms with E-state index in [1.807, 2.05) is 13.0 Å². The van der Waals surface area contributed by atoms with Gasteiger partial charge in [-0.1, -0.05) is 6.92 Å². The molecular formula is C13H10F2OS. The zero-order chi connectivity index (χ0) is 12.4. The van der Waals surface area contributed by atoms with Crippen LogP contribution in [0.1, 0.15) is 27.7 Å². The molecule has 0 N–H and O–H groups in total. The lowest BCUT2D eigenvalue weighted by Crippen LogP contribution is -2.04. The number of hydrogen-bond acceptors (Lipinski definition) is 2. The average Bonchev–Trinajstić information content (AvgIpc) is 2.76. The van der Waals surface area contributed by atoms with Crippen molar-refractivity contribution >= 4 is 17.1 Å². The zero-order valence-electron chi connectivity index (χ0n) is 9.17. The Bertz CT molecular complexity index is 560. The molecule has 0 radical (unpaired) electrons. The molecule has 17 heavy (non-hydrogen) atoms. The molecule has 0 saturated carbocycles. The number of ketones is 1. The van der Waals surface area contributed by atoms with Gasteiger partial charge in [-0.2, -0.15) is 0 Å². The third kappa shape index (κ3) is 2.26. The van der Waals surface area contributed by atoms with Crippen molar-refractivity contribution in [2.45, 2.75) is 13.3 Å². The number of benzene rings is 1. The maximum atomic E-state index is 13.5. The second-order valence-corrected chi connectivity index (χ2v) is 4.50. The Morgan fingerprint density at radius 1 is 1.29 bits per heavy atom. The molecule has 0 atom stereocenters. The summed E-state index contributed by atoms with van der Waals surface area (Å²) in [4.78, 5) is 12.6. The van der Waals surface area contributed by atoms with E-state index in [-0.39, 0.29) is 11.3 Å². The predicted octanol–water partition coefficient (Wildman–Crippen LogP) is 3.82. The maximum absolute atomic E-state index is 13.5. The second kappa shape index (κ2) is 4.75. The van der Waals surface area contributed by atoms with Crippen molar-refractivity contribution in [3.63, 3.8) is 0 Å². The molecule has 1 aromatic carbocycles. The minimum absolute atomic E-state index is 0.0800. The van der Waals surface area contributed by atoms with Gasteiger partial charge in [0.15, 0.2) is 0 Å². The monoisotopic (exact) mass is 252 g/mol. The summed E-state index contributed by atoms with van der Waals surface area (Å²) in [5, 5.41) is 1.80. The van der Waals surface area contributed by atoms with Crippen LogP contribution in [0.25, 0.3) is 0 Å². The summed E-state index contributed by atoms with van der Waals surface area (Å²) >= 11 is 1.28. The maximum Gasteiger partial charge on any atom is 0.206 e. The quantitative estimate of drug-likeness (QED) is 0.759. The van der Waals surface area contributed by atoms with E-state index in [0.717, 1.165) is 17.7 Å². The number of thiophene rings is 1. The predicted molar refractivity (Wildman–Crippen MR) is 63.5 cm³/mol. The number of carbonyl (C=O) groups is 1. The molecule has 0 spiro atoms. The Balaban J connectivity index is 2.44. The summed E-state index contributed by atoms with van der Waals surface area (Å²) in [6.45, 7) is 1.93. The molecule has 2 aromatic rings. The van der Waals surface area contributed by atoms with E-state index in [2.05, 4.69) is 0 Å². The number of hydrogen-bond donors (Lipinski definition) is 0. The van der Waals surface area contributed by atoms with Crippen molar-refractivity contribution in [3.8, 4) is 0 Å². The molecule has 0 aliphatic carbocycles. The Kier molecular flexibility index (Phi) is 3.33. The highest BCUT2D eigenvalue weighted by Gasteiger charge is 2.18. The van der Waals surface area contributed by atoms with E-state index in [1.54, 1.807) is 5.38 Å². The van der Waals surface area contributed by atoms with Crippen LogP contribution in [0.4, 0.5) is 8.78 Å². The summed E-state index contributed by atoms with van der Waals surface area (Å²) < 4.78 is 26.2. The van der Waals surface area contributed by atoms with Crippen molar-refractivity contribution in [2.24, 2.45) is 0 Å². The molecule has 0 unspecified atom stereocenters. The molecule has 0 bridgehead atoms.